The van der Waals surface area contributed by atoms with Crippen LogP contribution < -0.4 is 5.73 Å². The molecule has 0 unspecified atom stereocenters. The van der Waals surface area contributed by atoms with Crippen LogP contribution in [0.1, 0.15) is 57.2 Å². The summed E-state index contributed by atoms with van der Waals surface area (Å²) in [5.74, 6) is 1.71. The lowest BCUT2D eigenvalue weighted by Gasteiger charge is -1.98. The molecule has 0 saturated heterocycles. The molecule has 0 spiro atoms. The summed E-state index contributed by atoms with van der Waals surface area (Å²) in [4.78, 5) is 4.46. The number of hydrogen-bond acceptors (Lipinski definition) is 4. The van der Waals surface area contributed by atoms with Gasteiger partial charge >= 0.3 is 0 Å². The van der Waals surface area contributed by atoms with Gasteiger partial charge in [-0.15, -0.1) is 0 Å². The van der Waals surface area contributed by atoms with Crippen LogP contribution >= 0.6 is 0 Å². The van der Waals surface area contributed by atoms with E-state index in [4.69, 9.17) is 10.3 Å². The fraction of sp³-hybridized carbons (Fsp3) is 0.833. The van der Waals surface area contributed by atoms with Crippen molar-refractivity contribution in [3.05, 3.63) is 11.7 Å². The van der Waals surface area contributed by atoms with E-state index in [0.717, 1.165) is 37.5 Å². The van der Waals surface area contributed by atoms with Crippen LogP contribution in [0.25, 0.3) is 0 Å². The third-order valence-corrected chi connectivity index (χ3v) is 3.35. The van der Waals surface area contributed by atoms with Crippen LogP contribution in [0.5, 0.6) is 0 Å². The minimum absolute atomic E-state index is 0.224. The van der Waals surface area contributed by atoms with Crippen molar-refractivity contribution in [1.29, 1.82) is 0 Å². The molecule has 4 heteroatoms. The fourth-order valence-electron chi connectivity index (χ4n) is 1.79. The van der Waals surface area contributed by atoms with Gasteiger partial charge in [0.05, 0.1) is 0 Å². The molecular formula is C12H21N3O. The summed E-state index contributed by atoms with van der Waals surface area (Å²) in [5, 5.41) is 4.06. The summed E-state index contributed by atoms with van der Waals surface area (Å²) >= 11 is 0. The van der Waals surface area contributed by atoms with Gasteiger partial charge in [-0.1, -0.05) is 24.9 Å². The molecule has 1 saturated carbocycles. The van der Waals surface area contributed by atoms with Crippen molar-refractivity contribution in [2.45, 2.75) is 57.3 Å². The van der Waals surface area contributed by atoms with E-state index < -0.39 is 0 Å². The highest BCUT2D eigenvalue weighted by Crippen LogP contribution is 2.45. The van der Waals surface area contributed by atoms with Gasteiger partial charge in [0.25, 0.3) is 0 Å². The van der Waals surface area contributed by atoms with Gasteiger partial charge in [-0.3, -0.25) is 0 Å². The van der Waals surface area contributed by atoms with Crippen LogP contribution in [0.3, 0.4) is 0 Å². The second-order valence-electron chi connectivity index (χ2n) is 5.03. The quantitative estimate of drug-likeness (QED) is 0.719. The van der Waals surface area contributed by atoms with Crippen LogP contribution in [-0.4, -0.2) is 16.7 Å². The zero-order valence-electron chi connectivity index (χ0n) is 10.0. The number of rotatable bonds is 7. The molecule has 1 aromatic heterocycles. The highest BCUT2D eigenvalue weighted by molar-refractivity contribution is 5.14. The molecule has 1 aliphatic carbocycles. The lowest BCUT2D eigenvalue weighted by atomic mass is 10.1. The molecule has 0 bridgehead atoms. The molecule has 2 rings (SSSR count). The van der Waals surface area contributed by atoms with Gasteiger partial charge in [0, 0.05) is 11.8 Å². The maximum atomic E-state index is 5.44. The second-order valence-corrected chi connectivity index (χ2v) is 5.03. The van der Waals surface area contributed by atoms with E-state index in [0.29, 0.717) is 0 Å². The Morgan fingerprint density at radius 2 is 2.00 bits per heavy atom. The minimum Gasteiger partial charge on any atom is -0.339 e. The van der Waals surface area contributed by atoms with Gasteiger partial charge in [0.2, 0.25) is 5.89 Å². The first-order valence-electron chi connectivity index (χ1n) is 6.28. The molecule has 1 aromatic rings. The number of aryl methyl sites for hydroxylation is 1. The fourth-order valence-corrected chi connectivity index (χ4v) is 1.79. The molecular weight excluding hydrogens is 202 g/mol. The van der Waals surface area contributed by atoms with Crippen molar-refractivity contribution in [1.82, 2.24) is 10.1 Å². The van der Waals surface area contributed by atoms with Crippen molar-refractivity contribution in [2.24, 2.45) is 5.73 Å². The molecule has 16 heavy (non-hydrogen) atoms. The van der Waals surface area contributed by atoms with E-state index in [1.54, 1.807) is 0 Å². The van der Waals surface area contributed by atoms with E-state index in [9.17, 15) is 0 Å². The van der Waals surface area contributed by atoms with Crippen LogP contribution in [0.2, 0.25) is 0 Å². The number of unbranched alkanes of at least 4 members (excludes halogenated alkanes) is 3. The highest BCUT2D eigenvalue weighted by Gasteiger charge is 2.43. The number of hydrogen-bond donors (Lipinski definition) is 1. The zero-order chi connectivity index (χ0) is 11.4. The number of aromatic nitrogens is 2. The van der Waals surface area contributed by atoms with E-state index in [1.807, 2.05) is 0 Å². The van der Waals surface area contributed by atoms with Crippen molar-refractivity contribution < 1.29 is 4.52 Å². The maximum Gasteiger partial charge on any atom is 0.226 e. The first kappa shape index (κ1) is 11.6. The van der Waals surface area contributed by atoms with Crippen LogP contribution in [0, 0.1) is 0 Å². The Labute approximate surface area is 96.6 Å². The second kappa shape index (κ2) is 4.95. The van der Waals surface area contributed by atoms with E-state index in [-0.39, 0.29) is 5.41 Å². The Morgan fingerprint density at radius 3 is 2.69 bits per heavy atom. The predicted octanol–water partition coefficient (Wildman–Crippen LogP) is 2.18. The first-order chi connectivity index (χ1) is 7.74. The Hall–Kier alpha value is -0.900. The average molecular weight is 223 g/mol. The van der Waals surface area contributed by atoms with Crippen molar-refractivity contribution in [3.63, 3.8) is 0 Å². The molecule has 90 valence electrons. The maximum absolute atomic E-state index is 5.44. The molecule has 4 nitrogen and oxygen atoms in total. The molecule has 2 N–H and O–H groups in total. The summed E-state index contributed by atoms with van der Waals surface area (Å²) in [6.45, 7) is 2.99. The normalized spacial score (nSPS) is 17.6. The molecule has 0 radical (unpaired) electrons. The minimum atomic E-state index is 0.224. The van der Waals surface area contributed by atoms with Crippen LogP contribution in [-0.2, 0) is 11.8 Å². The third kappa shape index (κ3) is 2.82. The van der Waals surface area contributed by atoms with Gasteiger partial charge in [-0.05, 0) is 32.2 Å². The average Bonchev–Trinajstić information content (AvgIpc) is 2.85. The molecule has 0 aromatic carbocycles. The van der Waals surface area contributed by atoms with E-state index in [1.165, 1.54) is 25.7 Å². The summed E-state index contributed by atoms with van der Waals surface area (Å²) < 4.78 is 5.25. The molecule has 0 aliphatic heterocycles. The third-order valence-electron chi connectivity index (χ3n) is 3.35. The Kier molecular flexibility index (Phi) is 3.59. The lowest BCUT2D eigenvalue weighted by molar-refractivity contribution is 0.365. The largest absolute Gasteiger partial charge is 0.339 e. The molecule has 1 aliphatic rings. The summed E-state index contributed by atoms with van der Waals surface area (Å²) in [6.07, 6.45) is 7.95. The first-order valence-corrected chi connectivity index (χ1v) is 6.28. The lowest BCUT2D eigenvalue weighted by Crippen LogP contribution is -2.02. The smallest absolute Gasteiger partial charge is 0.226 e. The molecule has 0 atom stereocenters. The van der Waals surface area contributed by atoms with Gasteiger partial charge in [0.1, 0.15) is 0 Å². The van der Waals surface area contributed by atoms with Gasteiger partial charge in [-0.25, -0.2) is 0 Å². The number of nitrogens with two attached hydrogens (primary N) is 1. The summed E-state index contributed by atoms with van der Waals surface area (Å²) in [6, 6.07) is 0. The molecule has 1 heterocycles. The number of nitrogens with zero attached hydrogens (tertiary/aromatic N) is 2. The summed E-state index contributed by atoms with van der Waals surface area (Å²) in [5.41, 5.74) is 5.66. The summed E-state index contributed by atoms with van der Waals surface area (Å²) in [7, 11) is 0. The van der Waals surface area contributed by atoms with Crippen LogP contribution in [0.15, 0.2) is 4.52 Å². The SMILES string of the molecule is CC1(c2noc(CCCCCCN)n2)CC1. The Morgan fingerprint density at radius 1 is 1.25 bits per heavy atom. The van der Waals surface area contributed by atoms with Crippen LogP contribution in [0.4, 0.5) is 0 Å². The highest BCUT2D eigenvalue weighted by atomic mass is 16.5. The van der Waals surface area contributed by atoms with E-state index >= 15 is 0 Å². The van der Waals surface area contributed by atoms with Gasteiger partial charge in [-0.2, -0.15) is 4.98 Å². The van der Waals surface area contributed by atoms with E-state index in [2.05, 4.69) is 17.1 Å². The Balaban J connectivity index is 1.71. The van der Waals surface area contributed by atoms with Crippen molar-refractivity contribution in [2.75, 3.05) is 6.54 Å². The zero-order valence-corrected chi connectivity index (χ0v) is 10.0. The van der Waals surface area contributed by atoms with Gasteiger partial charge < -0.3 is 10.3 Å². The van der Waals surface area contributed by atoms with Crippen molar-refractivity contribution >= 4 is 0 Å². The predicted molar refractivity (Wildman–Crippen MR) is 62.1 cm³/mol. The molecule has 1 fully saturated rings. The van der Waals surface area contributed by atoms with Gasteiger partial charge in [0.15, 0.2) is 5.82 Å². The molecule has 0 amide bonds. The Bertz CT molecular complexity index is 331. The monoisotopic (exact) mass is 223 g/mol. The van der Waals surface area contributed by atoms with Crippen molar-refractivity contribution in [3.8, 4) is 0 Å². The topological polar surface area (TPSA) is 64.9 Å². The standard InChI is InChI=1S/C12H21N3O/c1-12(7-8-12)11-14-10(16-15-11)6-4-2-3-5-9-13/h2-9,13H2,1H3.